The van der Waals surface area contributed by atoms with Gasteiger partial charge < -0.3 is 32.7 Å². The minimum atomic E-state index is -4.41. The number of likely N-dealkylation sites (N-methyl/N-ethyl adjacent to an activating group) is 1. The van der Waals surface area contributed by atoms with E-state index in [1.807, 2.05) is 39.3 Å². The Hall–Kier alpha value is -1.47. The van der Waals surface area contributed by atoms with Crippen LogP contribution in [0.25, 0.3) is 0 Å². The number of rotatable bonds is 43. The molecule has 7 nitrogen and oxygen atoms in total. The number of hydrogen-bond acceptors (Lipinski definition) is 6. The van der Waals surface area contributed by atoms with Crippen LogP contribution in [-0.4, -0.2) is 70.5 Å². The standard InChI is InChI=1S/C50H92NO6P/c1-6-8-10-12-14-16-18-20-22-24-26-28-30-32-34-39-43-54-46-49(47-56-58(52,53)50(45-51(3,4)5)57-48-41-37-36-38-42-48)55-44-40-35-33-31-29-27-25-23-21-19-17-15-13-11-9-7-2/h20-23,36-38,41-42,49-50H,6-19,24-35,39-40,43-47H2,1-5H3/b22-20-,23-21-/t49-,50?/m1/s1. The van der Waals surface area contributed by atoms with Gasteiger partial charge in [0.2, 0.25) is 5.85 Å². The van der Waals surface area contributed by atoms with Gasteiger partial charge in [0.1, 0.15) is 18.4 Å². The normalized spacial score (nSPS) is 14.4. The number of unbranched alkanes of at least 4 members (excludes halogenated alkanes) is 24. The summed E-state index contributed by atoms with van der Waals surface area (Å²) in [5, 5.41) is 0. The minimum Gasteiger partial charge on any atom is -0.776 e. The van der Waals surface area contributed by atoms with Crippen molar-refractivity contribution < 1.29 is 32.7 Å². The molecule has 0 saturated carbocycles. The van der Waals surface area contributed by atoms with E-state index in [1.165, 1.54) is 154 Å². The third-order valence-electron chi connectivity index (χ3n) is 10.6. The molecule has 0 radical (unpaired) electrons. The fraction of sp³-hybridized carbons (Fsp3) is 0.800. The van der Waals surface area contributed by atoms with Crippen LogP contribution in [0, 0.1) is 0 Å². The molecular formula is C50H92NO6P. The zero-order valence-electron chi connectivity index (χ0n) is 38.5. The molecule has 0 heterocycles. The van der Waals surface area contributed by atoms with Crippen LogP contribution in [0.1, 0.15) is 194 Å². The Kier molecular flexibility index (Phi) is 36.2. The van der Waals surface area contributed by atoms with Crippen LogP contribution in [0.4, 0.5) is 0 Å². The molecular weight excluding hydrogens is 742 g/mol. The lowest BCUT2D eigenvalue weighted by Gasteiger charge is -2.37. The lowest BCUT2D eigenvalue weighted by atomic mass is 10.1. The van der Waals surface area contributed by atoms with Crippen LogP contribution in [-0.2, 0) is 18.6 Å². The maximum Gasteiger partial charge on any atom is 0.210 e. The zero-order valence-corrected chi connectivity index (χ0v) is 39.4. The molecule has 8 heteroatoms. The molecule has 338 valence electrons. The molecule has 0 aromatic heterocycles. The minimum absolute atomic E-state index is 0.0770. The number of para-hydroxylation sites is 1. The molecule has 1 aromatic rings. The SMILES string of the molecule is CCCCCCCC/C=C\CCCCCCCCOC[C@H](COP(=O)([O-])C(C[N+](C)(C)C)Oc1ccccc1)OCCCCCCCC/C=C\CCCCCCCC. The van der Waals surface area contributed by atoms with E-state index in [4.69, 9.17) is 18.7 Å². The maximum atomic E-state index is 13.6. The fourth-order valence-electron chi connectivity index (χ4n) is 7.01. The van der Waals surface area contributed by atoms with Crippen molar-refractivity contribution in [2.24, 2.45) is 0 Å². The highest BCUT2D eigenvalue weighted by molar-refractivity contribution is 7.52. The Morgan fingerprint density at radius 1 is 0.569 bits per heavy atom. The zero-order chi connectivity index (χ0) is 42.3. The van der Waals surface area contributed by atoms with E-state index in [9.17, 15) is 9.46 Å². The Labute approximate surface area is 359 Å². The maximum absolute atomic E-state index is 13.6. The van der Waals surface area contributed by atoms with E-state index in [-0.39, 0.29) is 13.2 Å². The summed E-state index contributed by atoms with van der Waals surface area (Å²) >= 11 is 0. The predicted molar refractivity (Wildman–Crippen MR) is 247 cm³/mol. The van der Waals surface area contributed by atoms with E-state index in [2.05, 4.69) is 38.2 Å². The molecule has 0 aliphatic heterocycles. The number of hydrogen-bond donors (Lipinski definition) is 0. The van der Waals surface area contributed by atoms with Gasteiger partial charge in [-0.25, -0.2) is 0 Å². The van der Waals surface area contributed by atoms with Crippen molar-refractivity contribution in [3.8, 4) is 5.75 Å². The van der Waals surface area contributed by atoms with Crippen molar-refractivity contribution in [2.75, 3.05) is 54.1 Å². The highest BCUT2D eigenvalue weighted by atomic mass is 31.2. The molecule has 0 saturated heterocycles. The summed E-state index contributed by atoms with van der Waals surface area (Å²) in [6.07, 6.45) is 44.5. The molecule has 1 rings (SSSR count). The predicted octanol–water partition coefficient (Wildman–Crippen LogP) is 14.1. The second-order valence-corrected chi connectivity index (χ2v) is 19.6. The Balaban J connectivity index is 2.41. The van der Waals surface area contributed by atoms with Crippen LogP contribution in [0.2, 0.25) is 0 Å². The van der Waals surface area contributed by atoms with E-state index in [0.717, 1.165) is 25.7 Å². The molecule has 2 unspecified atom stereocenters. The first-order chi connectivity index (χ1) is 28.2. The van der Waals surface area contributed by atoms with Crippen molar-refractivity contribution in [3.63, 3.8) is 0 Å². The number of nitrogens with zero attached hydrogens (tertiary/aromatic N) is 1. The summed E-state index contributed by atoms with van der Waals surface area (Å²) in [4.78, 5) is 13.6. The summed E-state index contributed by atoms with van der Waals surface area (Å²) in [5.41, 5.74) is 0. The number of ether oxygens (including phenoxy) is 3. The van der Waals surface area contributed by atoms with Crippen LogP contribution >= 0.6 is 7.60 Å². The molecule has 1 aromatic carbocycles. The van der Waals surface area contributed by atoms with Gasteiger partial charge >= 0.3 is 0 Å². The van der Waals surface area contributed by atoms with Crippen molar-refractivity contribution in [1.29, 1.82) is 0 Å². The van der Waals surface area contributed by atoms with Gasteiger partial charge in [0.05, 0.1) is 34.4 Å². The number of allylic oxidation sites excluding steroid dienone is 4. The molecule has 0 spiro atoms. The Morgan fingerprint density at radius 2 is 0.983 bits per heavy atom. The van der Waals surface area contributed by atoms with E-state index in [0.29, 0.717) is 30.1 Å². The first kappa shape index (κ1) is 54.5. The van der Waals surface area contributed by atoms with Crippen molar-refractivity contribution in [3.05, 3.63) is 54.6 Å². The second kappa shape index (κ2) is 38.5. The number of benzene rings is 1. The third kappa shape index (κ3) is 35.3. The van der Waals surface area contributed by atoms with Gasteiger partial charge in [-0.05, 0) is 76.3 Å². The summed E-state index contributed by atoms with van der Waals surface area (Å²) in [6, 6.07) is 9.10. The second-order valence-electron chi connectivity index (χ2n) is 17.6. The lowest BCUT2D eigenvalue weighted by Crippen LogP contribution is -2.45. The lowest BCUT2D eigenvalue weighted by molar-refractivity contribution is -0.871. The smallest absolute Gasteiger partial charge is 0.210 e. The van der Waals surface area contributed by atoms with Gasteiger partial charge in [-0.1, -0.05) is 172 Å². The third-order valence-corrected chi connectivity index (χ3v) is 12.1. The monoisotopic (exact) mass is 834 g/mol. The van der Waals surface area contributed by atoms with Crippen molar-refractivity contribution >= 4 is 7.60 Å². The molecule has 0 N–H and O–H groups in total. The molecule has 58 heavy (non-hydrogen) atoms. The summed E-state index contributed by atoms with van der Waals surface area (Å²) in [6.45, 7) is 6.25. The number of quaternary nitrogens is 1. The summed E-state index contributed by atoms with van der Waals surface area (Å²) < 4.78 is 37.9. The summed E-state index contributed by atoms with van der Waals surface area (Å²) in [7, 11) is 1.45. The van der Waals surface area contributed by atoms with Gasteiger partial charge in [-0.3, -0.25) is 0 Å². The molecule has 3 atom stereocenters. The van der Waals surface area contributed by atoms with Crippen LogP contribution < -0.4 is 9.63 Å². The first-order valence-corrected chi connectivity index (χ1v) is 25.8. The van der Waals surface area contributed by atoms with Crippen LogP contribution in [0.15, 0.2) is 54.6 Å². The largest absolute Gasteiger partial charge is 0.776 e. The summed E-state index contributed by atoms with van der Waals surface area (Å²) in [5.74, 6) is -0.610. The van der Waals surface area contributed by atoms with Gasteiger partial charge in [0.25, 0.3) is 0 Å². The molecule has 0 amide bonds. The highest BCUT2D eigenvalue weighted by Gasteiger charge is 2.32. The highest BCUT2D eigenvalue weighted by Crippen LogP contribution is 2.44. The van der Waals surface area contributed by atoms with E-state index in [1.54, 1.807) is 12.1 Å². The van der Waals surface area contributed by atoms with E-state index >= 15 is 0 Å². The fourth-order valence-corrected chi connectivity index (χ4v) is 8.49. The van der Waals surface area contributed by atoms with Crippen molar-refractivity contribution in [2.45, 2.75) is 206 Å². The quantitative estimate of drug-likeness (QED) is 0.0282. The van der Waals surface area contributed by atoms with Crippen molar-refractivity contribution in [1.82, 2.24) is 0 Å². The van der Waals surface area contributed by atoms with E-state index < -0.39 is 19.5 Å². The Morgan fingerprint density at radius 3 is 1.43 bits per heavy atom. The van der Waals surface area contributed by atoms with Crippen LogP contribution in [0.5, 0.6) is 5.75 Å². The van der Waals surface area contributed by atoms with Gasteiger partial charge in [0, 0.05) is 13.2 Å². The first-order valence-electron chi connectivity index (χ1n) is 24.1. The van der Waals surface area contributed by atoms with Crippen LogP contribution in [0.3, 0.4) is 0 Å². The molecule has 0 bridgehead atoms. The Bertz CT molecular complexity index is 1120. The average molecular weight is 834 g/mol. The molecule has 0 aliphatic rings. The molecule has 0 aliphatic carbocycles. The topological polar surface area (TPSA) is 77.1 Å². The average Bonchev–Trinajstić information content (AvgIpc) is 3.20. The van der Waals surface area contributed by atoms with Gasteiger partial charge in [0.15, 0.2) is 7.60 Å². The van der Waals surface area contributed by atoms with Gasteiger partial charge in [-0.15, -0.1) is 0 Å². The molecule has 0 fully saturated rings. The van der Waals surface area contributed by atoms with Gasteiger partial charge in [-0.2, -0.15) is 0 Å².